The van der Waals surface area contributed by atoms with E-state index in [2.05, 4.69) is 6.92 Å². The van der Waals surface area contributed by atoms with Gasteiger partial charge in [-0.1, -0.05) is 31.5 Å². The second kappa shape index (κ2) is 6.09. The molecule has 0 spiro atoms. The molecule has 2 fully saturated rings. The molecule has 2 aromatic carbocycles. The average molecular weight is 332 g/mol. The van der Waals surface area contributed by atoms with Crippen LogP contribution in [0.25, 0.3) is 10.8 Å². The van der Waals surface area contributed by atoms with Crippen LogP contribution in [0, 0.1) is 35.2 Å². The van der Waals surface area contributed by atoms with E-state index in [1.54, 1.807) is 12.1 Å². The van der Waals surface area contributed by atoms with E-state index in [-0.39, 0.29) is 11.3 Å². The molecular weight excluding hydrogens is 309 g/mol. The van der Waals surface area contributed by atoms with Gasteiger partial charge in [-0.05, 0) is 72.8 Å². The molecule has 0 saturated heterocycles. The van der Waals surface area contributed by atoms with Gasteiger partial charge in [0.15, 0.2) is 11.6 Å². The lowest BCUT2D eigenvalue weighted by atomic mass is 9.64. The highest BCUT2D eigenvalue weighted by molar-refractivity contribution is 5.84. The molecular formula is C21H23F3. The zero-order chi connectivity index (χ0) is 16.8. The third kappa shape index (κ3) is 2.62. The molecule has 0 aliphatic heterocycles. The minimum absolute atomic E-state index is 0.131. The molecule has 0 radical (unpaired) electrons. The van der Waals surface area contributed by atoms with E-state index in [9.17, 15) is 13.2 Å². The van der Waals surface area contributed by atoms with Crippen LogP contribution in [0.1, 0.15) is 56.9 Å². The molecule has 0 bridgehead atoms. The maximum absolute atomic E-state index is 15.0. The van der Waals surface area contributed by atoms with Crippen molar-refractivity contribution in [1.82, 2.24) is 0 Å². The van der Waals surface area contributed by atoms with Gasteiger partial charge in [0.05, 0.1) is 5.39 Å². The molecule has 0 amide bonds. The van der Waals surface area contributed by atoms with Crippen LogP contribution >= 0.6 is 0 Å². The molecule has 2 aromatic rings. The molecule has 0 nitrogen and oxygen atoms in total. The number of rotatable bonds is 1. The molecule has 4 atom stereocenters. The van der Waals surface area contributed by atoms with Gasteiger partial charge in [0.2, 0.25) is 0 Å². The second-order valence-corrected chi connectivity index (χ2v) is 7.88. The highest BCUT2D eigenvalue weighted by Gasteiger charge is 2.35. The van der Waals surface area contributed by atoms with Crippen LogP contribution in [0.5, 0.6) is 0 Å². The number of halogens is 3. The normalized spacial score (nSPS) is 30.3. The molecule has 0 heterocycles. The Hall–Kier alpha value is -1.51. The molecule has 0 aromatic heterocycles. The van der Waals surface area contributed by atoms with Gasteiger partial charge in [-0.2, -0.15) is 0 Å². The first-order chi connectivity index (χ1) is 11.5. The largest absolute Gasteiger partial charge is 0.206 e. The summed E-state index contributed by atoms with van der Waals surface area (Å²) in [5.41, 5.74) is 0.573. The SMILES string of the molecule is CC1CCC2CC(c3ccc4ccc(F)c(F)c4c3F)CCC2C1. The molecule has 2 saturated carbocycles. The van der Waals surface area contributed by atoms with Crippen LogP contribution in [0.2, 0.25) is 0 Å². The van der Waals surface area contributed by atoms with Crippen molar-refractivity contribution in [2.75, 3.05) is 0 Å². The van der Waals surface area contributed by atoms with E-state index in [0.29, 0.717) is 16.9 Å². The highest BCUT2D eigenvalue weighted by atomic mass is 19.2. The van der Waals surface area contributed by atoms with Gasteiger partial charge in [-0.3, -0.25) is 0 Å². The fraction of sp³-hybridized carbons (Fsp3) is 0.524. The van der Waals surface area contributed by atoms with Crippen LogP contribution in [-0.4, -0.2) is 0 Å². The molecule has 2 aliphatic rings. The first-order valence-electron chi connectivity index (χ1n) is 9.10. The first-order valence-corrected chi connectivity index (χ1v) is 9.10. The maximum Gasteiger partial charge on any atom is 0.169 e. The monoisotopic (exact) mass is 332 g/mol. The Kier molecular flexibility index (Phi) is 4.06. The Balaban J connectivity index is 1.67. The Morgan fingerprint density at radius 2 is 1.50 bits per heavy atom. The Bertz CT molecular complexity index is 767. The second-order valence-electron chi connectivity index (χ2n) is 7.88. The summed E-state index contributed by atoms with van der Waals surface area (Å²) >= 11 is 0. The van der Waals surface area contributed by atoms with E-state index >= 15 is 0 Å². The molecule has 4 rings (SSSR count). The molecule has 3 heteroatoms. The predicted octanol–water partition coefficient (Wildman–Crippen LogP) is 6.58. The zero-order valence-electron chi connectivity index (χ0n) is 14.0. The summed E-state index contributed by atoms with van der Waals surface area (Å²) in [4.78, 5) is 0. The summed E-state index contributed by atoms with van der Waals surface area (Å²) in [5, 5.41) is 0.238. The van der Waals surface area contributed by atoms with Gasteiger partial charge in [0.1, 0.15) is 5.82 Å². The minimum Gasteiger partial charge on any atom is -0.206 e. The summed E-state index contributed by atoms with van der Waals surface area (Å²) in [6.07, 6.45) is 6.83. The lowest BCUT2D eigenvalue weighted by Crippen LogP contribution is -2.30. The van der Waals surface area contributed by atoms with Gasteiger partial charge in [0, 0.05) is 0 Å². The van der Waals surface area contributed by atoms with Crippen molar-refractivity contribution >= 4 is 10.8 Å². The summed E-state index contributed by atoms with van der Waals surface area (Å²) in [7, 11) is 0. The fourth-order valence-corrected chi connectivity index (χ4v) is 5.05. The molecule has 128 valence electrons. The quantitative estimate of drug-likeness (QED) is 0.553. The van der Waals surface area contributed by atoms with Crippen molar-refractivity contribution in [3.05, 3.63) is 47.3 Å². The number of fused-ring (bicyclic) bond motifs is 2. The van der Waals surface area contributed by atoms with E-state index < -0.39 is 17.5 Å². The standard InChI is InChI=1S/C21H23F3/c1-12-2-3-15-11-16(5-4-14(15)10-12)17-8-6-13-7-9-18(22)21(24)19(13)20(17)23/h6-9,12,14-16H,2-5,10-11H2,1H3. The summed E-state index contributed by atoms with van der Waals surface area (Å²) in [6, 6.07) is 6.02. The van der Waals surface area contributed by atoms with E-state index in [1.807, 2.05) is 0 Å². The molecule has 2 aliphatic carbocycles. The smallest absolute Gasteiger partial charge is 0.169 e. The van der Waals surface area contributed by atoms with Gasteiger partial charge in [-0.25, -0.2) is 13.2 Å². The molecule has 4 unspecified atom stereocenters. The van der Waals surface area contributed by atoms with Gasteiger partial charge < -0.3 is 0 Å². The Morgan fingerprint density at radius 1 is 0.792 bits per heavy atom. The lowest BCUT2D eigenvalue weighted by Gasteiger charge is -2.41. The van der Waals surface area contributed by atoms with Crippen molar-refractivity contribution in [3.63, 3.8) is 0 Å². The minimum atomic E-state index is -1.06. The summed E-state index contributed by atoms with van der Waals surface area (Å²) < 4.78 is 42.6. The number of hydrogen-bond donors (Lipinski definition) is 0. The summed E-state index contributed by atoms with van der Waals surface area (Å²) in [5.74, 6) is -0.244. The van der Waals surface area contributed by atoms with Crippen LogP contribution < -0.4 is 0 Å². The third-order valence-corrected chi connectivity index (χ3v) is 6.36. The zero-order valence-corrected chi connectivity index (χ0v) is 14.0. The number of hydrogen-bond acceptors (Lipinski definition) is 0. The summed E-state index contributed by atoms with van der Waals surface area (Å²) in [6.45, 7) is 2.32. The van der Waals surface area contributed by atoms with Crippen LogP contribution in [0.15, 0.2) is 24.3 Å². The number of benzene rings is 2. The van der Waals surface area contributed by atoms with Crippen LogP contribution in [0.3, 0.4) is 0 Å². The van der Waals surface area contributed by atoms with Gasteiger partial charge >= 0.3 is 0 Å². The Labute approximate surface area is 141 Å². The van der Waals surface area contributed by atoms with Gasteiger partial charge in [0.25, 0.3) is 0 Å². The van der Waals surface area contributed by atoms with Gasteiger partial charge in [-0.15, -0.1) is 0 Å². The Morgan fingerprint density at radius 3 is 2.33 bits per heavy atom. The average Bonchev–Trinajstić information content (AvgIpc) is 2.58. The fourth-order valence-electron chi connectivity index (χ4n) is 5.05. The van der Waals surface area contributed by atoms with Crippen molar-refractivity contribution in [2.45, 2.75) is 51.4 Å². The van der Waals surface area contributed by atoms with E-state index in [4.69, 9.17) is 0 Å². The van der Waals surface area contributed by atoms with Crippen LogP contribution in [-0.2, 0) is 0 Å². The molecule has 0 N–H and O–H groups in total. The van der Waals surface area contributed by atoms with Crippen molar-refractivity contribution < 1.29 is 13.2 Å². The predicted molar refractivity (Wildman–Crippen MR) is 90.4 cm³/mol. The third-order valence-electron chi connectivity index (χ3n) is 6.36. The topological polar surface area (TPSA) is 0 Å². The van der Waals surface area contributed by atoms with Crippen LogP contribution in [0.4, 0.5) is 13.2 Å². The van der Waals surface area contributed by atoms with E-state index in [0.717, 1.165) is 37.2 Å². The highest BCUT2D eigenvalue weighted by Crippen LogP contribution is 2.48. The van der Waals surface area contributed by atoms with Crippen molar-refractivity contribution in [3.8, 4) is 0 Å². The maximum atomic E-state index is 15.0. The first kappa shape index (κ1) is 16.0. The lowest BCUT2D eigenvalue weighted by molar-refractivity contribution is 0.124. The van der Waals surface area contributed by atoms with Crippen molar-refractivity contribution in [1.29, 1.82) is 0 Å². The molecule has 24 heavy (non-hydrogen) atoms. The van der Waals surface area contributed by atoms with E-state index in [1.165, 1.54) is 25.3 Å². The van der Waals surface area contributed by atoms with Crippen molar-refractivity contribution in [2.24, 2.45) is 17.8 Å².